The molecule has 0 radical (unpaired) electrons. The summed E-state index contributed by atoms with van der Waals surface area (Å²) in [5.74, 6) is 2.72. The molecular weight excluding hydrogens is 272 g/mol. The van der Waals surface area contributed by atoms with Crippen LogP contribution in [-0.2, 0) is 0 Å². The van der Waals surface area contributed by atoms with Crippen LogP contribution in [-0.4, -0.2) is 31.0 Å². The molecule has 1 aliphatic heterocycles. The first-order valence-corrected chi connectivity index (χ1v) is 8.20. The molecule has 1 fully saturated rings. The van der Waals surface area contributed by atoms with Gasteiger partial charge in [-0.25, -0.2) is 0 Å². The summed E-state index contributed by atoms with van der Waals surface area (Å²) >= 11 is 1.82. The normalized spacial score (nSPS) is 25.4. The second-order valence-corrected chi connectivity index (χ2v) is 6.65. The molecule has 0 saturated heterocycles. The second-order valence-electron chi connectivity index (χ2n) is 5.43. The molecule has 0 unspecified atom stereocenters. The van der Waals surface area contributed by atoms with Gasteiger partial charge < -0.3 is 9.47 Å². The van der Waals surface area contributed by atoms with Crippen molar-refractivity contribution < 1.29 is 14.3 Å². The number of hydrogen-bond acceptors (Lipinski definition) is 4. The predicted molar refractivity (Wildman–Crippen MR) is 81.3 cm³/mol. The van der Waals surface area contributed by atoms with Gasteiger partial charge in [-0.3, -0.25) is 4.79 Å². The van der Waals surface area contributed by atoms with E-state index < -0.39 is 0 Å². The van der Waals surface area contributed by atoms with Crippen molar-refractivity contribution in [2.24, 2.45) is 0 Å². The van der Waals surface area contributed by atoms with Crippen LogP contribution in [0.3, 0.4) is 0 Å². The summed E-state index contributed by atoms with van der Waals surface area (Å²) in [6, 6.07) is 3.76. The van der Waals surface area contributed by atoms with Crippen LogP contribution in [0.5, 0.6) is 11.5 Å². The molecule has 0 amide bonds. The maximum atomic E-state index is 12.4. The number of benzene rings is 1. The lowest BCUT2D eigenvalue weighted by Gasteiger charge is -2.31. The highest BCUT2D eigenvalue weighted by Crippen LogP contribution is 2.49. The lowest BCUT2D eigenvalue weighted by atomic mass is 9.80. The first kappa shape index (κ1) is 13.8. The number of carbonyl (C=O) groups excluding carboxylic acids is 1. The third-order valence-electron chi connectivity index (χ3n) is 4.39. The lowest BCUT2D eigenvalue weighted by molar-refractivity contribution is 0.102. The Hall–Kier alpha value is -1.16. The Bertz CT molecular complexity index is 527. The van der Waals surface area contributed by atoms with Crippen LogP contribution in [0.1, 0.15) is 47.5 Å². The molecule has 3 rings (SSSR count). The molecule has 1 heterocycles. The average molecular weight is 292 g/mol. The maximum Gasteiger partial charge on any atom is 0.173 e. The molecule has 0 N–H and O–H groups in total. The number of Topliss-reactive ketones (excluding diaryl/α,β-unsaturated/α-hetero) is 1. The Balaban J connectivity index is 2.18. The van der Waals surface area contributed by atoms with Crippen molar-refractivity contribution in [3.63, 3.8) is 0 Å². The van der Waals surface area contributed by atoms with Crippen molar-refractivity contribution >= 4 is 17.5 Å². The van der Waals surface area contributed by atoms with Gasteiger partial charge in [-0.15, -0.1) is 11.8 Å². The third-order valence-corrected chi connectivity index (χ3v) is 5.81. The summed E-state index contributed by atoms with van der Waals surface area (Å²) in [5.41, 5.74) is 1.93. The SMILES string of the molecule is COc1ccc2c(c1OC)[C@H]1CCCC[C@@H]1SCC2=O. The van der Waals surface area contributed by atoms with Gasteiger partial charge in [0.25, 0.3) is 0 Å². The zero-order valence-corrected chi connectivity index (χ0v) is 12.8. The van der Waals surface area contributed by atoms with Gasteiger partial charge in [-0.1, -0.05) is 12.8 Å². The smallest absolute Gasteiger partial charge is 0.173 e. The van der Waals surface area contributed by atoms with Crippen LogP contribution in [0.25, 0.3) is 0 Å². The topological polar surface area (TPSA) is 35.5 Å². The molecule has 1 saturated carbocycles. The van der Waals surface area contributed by atoms with Crippen LogP contribution < -0.4 is 9.47 Å². The third kappa shape index (κ3) is 2.20. The second kappa shape index (κ2) is 5.68. The Morgan fingerprint density at radius 1 is 1.15 bits per heavy atom. The van der Waals surface area contributed by atoms with E-state index in [2.05, 4.69) is 0 Å². The van der Waals surface area contributed by atoms with E-state index in [1.54, 1.807) is 14.2 Å². The van der Waals surface area contributed by atoms with Gasteiger partial charge in [0.15, 0.2) is 17.3 Å². The molecule has 3 nitrogen and oxygen atoms in total. The molecule has 2 atom stereocenters. The summed E-state index contributed by atoms with van der Waals surface area (Å²) in [7, 11) is 3.31. The van der Waals surface area contributed by atoms with Crippen molar-refractivity contribution in [3.8, 4) is 11.5 Å². The van der Waals surface area contributed by atoms with Gasteiger partial charge in [0.2, 0.25) is 0 Å². The average Bonchev–Trinajstić information content (AvgIpc) is 2.64. The predicted octanol–water partition coefficient (Wildman–Crippen LogP) is 3.66. The molecule has 1 aromatic carbocycles. The van der Waals surface area contributed by atoms with Crippen molar-refractivity contribution in [3.05, 3.63) is 23.3 Å². The Labute approximate surface area is 124 Å². The number of hydrogen-bond donors (Lipinski definition) is 0. The molecule has 4 heteroatoms. The first-order valence-electron chi connectivity index (χ1n) is 7.16. The number of ketones is 1. The van der Waals surface area contributed by atoms with Crippen molar-refractivity contribution in [2.45, 2.75) is 36.9 Å². The molecule has 108 valence electrons. The Morgan fingerprint density at radius 2 is 1.95 bits per heavy atom. The van der Waals surface area contributed by atoms with E-state index in [-0.39, 0.29) is 5.78 Å². The van der Waals surface area contributed by atoms with E-state index in [1.807, 2.05) is 23.9 Å². The van der Waals surface area contributed by atoms with Crippen LogP contribution in [0.15, 0.2) is 12.1 Å². The number of rotatable bonds is 2. The fraction of sp³-hybridized carbons (Fsp3) is 0.562. The van der Waals surface area contributed by atoms with E-state index >= 15 is 0 Å². The largest absolute Gasteiger partial charge is 0.493 e. The molecule has 2 aliphatic rings. The van der Waals surface area contributed by atoms with E-state index in [9.17, 15) is 4.79 Å². The summed E-state index contributed by atoms with van der Waals surface area (Å²) < 4.78 is 11.0. The van der Waals surface area contributed by atoms with Gasteiger partial charge >= 0.3 is 0 Å². The van der Waals surface area contributed by atoms with Crippen LogP contribution in [0.2, 0.25) is 0 Å². The number of fused-ring (bicyclic) bond motifs is 3. The van der Waals surface area contributed by atoms with E-state index in [1.165, 1.54) is 19.3 Å². The highest BCUT2D eigenvalue weighted by Gasteiger charge is 2.36. The summed E-state index contributed by atoms with van der Waals surface area (Å²) in [6.07, 6.45) is 4.84. The highest BCUT2D eigenvalue weighted by molar-refractivity contribution is 8.00. The molecule has 0 bridgehead atoms. The van der Waals surface area contributed by atoms with Crippen LogP contribution in [0.4, 0.5) is 0 Å². The zero-order chi connectivity index (χ0) is 14.1. The fourth-order valence-corrected chi connectivity index (χ4v) is 4.81. The van der Waals surface area contributed by atoms with E-state index in [4.69, 9.17) is 9.47 Å². The van der Waals surface area contributed by atoms with Gasteiger partial charge in [0.05, 0.1) is 20.0 Å². The molecule has 1 aliphatic carbocycles. The molecule has 0 aromatic heterocycles. The Kier molecular flexibility index (Phi) is 3.92. The minimum atomic E-state index is 0.223. The quantitative estimate of drug-likeness (QED) is 0.833. The van der Waals surface area contributed by atoms with Crippen molar-refractivity contribution in [1.29, 1.82) is 0 Å². The van der Waals surface area contributed by atoms with E-state index in [0.717, 1.165) is 29.0 Å². The number of ether oxygens (including phenoxy) is 2. The van der Waals surface area contributed by atoms with E-state index in [0.29, 0.717) is 16.9 Å². The zero-order valence-electron chi connectivity index (χ0n) is 12.0. The van der Waals surface area contributed by atoms with Gasteiger partial charge in [-0.05, 0) is 25.0 Å². The van der Waals surface area contributed by atoms with Gasteiger partial charge in [0.1, 0.15) is 0 Å². The molecule has 20 heavy (non-hydrogen) atoms. The van der Waals surface area contributed by atoms with Crippen LogP contribution in [0, 0.1) is 0 Å². The number of thioether (sulfide) groups is 1. The minimum Gasteiger partial charge on any atom is -0.493 e. The number of methoxy groups -OCH3 is 2. The molecule has 0 spiro atoms. The number of carbonyl (C=O) groups is 1. The monoisotopic (exact) mass is 292 g/mol. The lowest BCUT2D eigenvalue weighted by Crippen LogP contribution is -2.20. The molecule has 1 aromatic rings. The first-order chi connectivity index (χ1) is 9.76. The highest BCUT2D eigenvalue weighted by atomic mass is 32.2. The van der Waals surface area contributed by atoms with Crippen molar-refractivity contribution in [2.75, 3.05) is 20.0 Å². The van der Waals surface area contributed by atoms with Gasteiger partial charge in [-0.2, -0.15) is 0 Å². The summed E-state index contributed by atoms with van der Waals surface area (Å²) in [6.45, 7) is 0. The summed E-state index contributed by atoms with van der Waals surface area (Å²) in [4.78, 5) is 12.4. The fourth-order valence-electron chi connectivity index (χ4n) is 3.45. The molecular formula is C16H20O3S. The standard InChI is InChI=1S/C16H20O3S/c1-18-13-8-7-10-12(17)9-20-14-6-4-3-5-11(14)15(10)16(13)19-2/h7-8,11,14H,3-6,9H2,1-2H3/t11-,14-/m0/s1. The van der Waals surface area contributed by atoms with Crippen molar-refractivity contribution in [1.82, 2.24) is 0 Å². The van der Waals surface area contributed by atoms with Gasteiger partial charge in [0, 0.05) is 22.3 Å². The summed E-state index contributed by atoms with van der Waals surface area (Å²) in [5, 5.41) is 0.537. The minimum absolute atomic E-state index is 0.223. The van der Waals surface area contributed by atoms with Crippen LogP contribution >= 0.6 is 11.8 Å². The Morgan fingerprint density at radius 3 is 2.70 bits per heavy atom. The maximum absolute atomic E-state index is 12.4.